The Balaban J connectivity index is 1.81. The number of amides is 1. The predicted molar refractivity (Wildman–Crippen MR) is 95.6 cm³/mol. The van der Waals surface area contributed by atoms with Gasteiger partial charge in [0.05, 0.1) is 19.6 Å². The summed E-state index contributed by atoms with van der Waals surface area (Å²) >= 11 is 5.92. The molecule has 0 unspecified atom stereocenters. The van der Waals surface area contributed by atoms with E-state index in [1.54, 1.807) is 31.2 Å². The zero-order valence-corrected chi connectivity index (χ0v) is 15.2. The van der Waals surface area contributed by atoms with Gasteiger partial charge in [-0.3, -0.25) is 9.59 Å². The van der Waals surface area contributed by atoms with E-state index in [0.717, 1.165) is 5.56 Å². The lowest BCUT2D eigenvalue weighted by Gasteiger charge is -2.14. The summed E-state index contributed by atoms with van der Waals surface area (Å²) in [6.45, 7) is 1.38. The smallest absolute Gasteiger partial charge is 0.310 e. The van der Waals surface area contributed by atoms with Gasteiger partial charge >= 0.3 is 5.97 Å². The minimum Gasteiger partial charge on any atom is -0.494 e. The lowest BCUT2D eigenvalue weighted by molar-refractivity contribution is -0.148. The lowest BCUT2D eigenvalue weighted by Crippen LogP contribution is -2.31. The molecule has 0 aromatic heterocycles. The molecule has 0 saturated carbocycles. The van der Waals surface area contributed by atoms with E-state index in [4.69, 9.17) is 21.1 Å². The molecule has 5 nitrogen and oxygen atoms in total. The molecule has 2 aromatic carbocycles. The van der Waals surface area contributed by atoms with Crippen molar-refractivity contribution in [1.29, 1.82) is 0 Å². The van der Waals surface area contributed by atoms with Crippen molar-refractivity contribution in [3.63, 3.8) is 0 Å². The van der Waals surface area contributed by atoms with Gasteiger partial charge < -0.3 is 14.8 Å². The van der Waals surface area contributed by atoms with E-state index in [0.29, 0.717) is 10.6 Å². The van der Waals surface area contributed by atoms with Gasteiger partial charge in [0, 0.05) is 5.02 Å². The van der Waals surface area contributed by atoms with Crippen molar-refractivity contribution in [2.24, 2.45) is 0 Å². The molecular formula is C19H19ClFNO4. The highest BCUT2D eigenvalue weighted by Crippen LogP contribution is 2.18. The Morgan fingerprint density at radius 3 is 2.65 bits per heavy atom. The Kier molecular flexibility index (Phi) is 6.97. The summed E-state index contributed by atoms with van der Waals surface area (Å²) in [7, 11) is 1.36. The number of benzene rings is 2. The van der Waals surface area contributed by atoms with Gasteiger partial charge in [0.25, 0.3) is 5.91 Å². The molecule has 0 heterocycles. The normalized spacial score (nSPS) is 11.5. The Morgan fingerprint density at radius 2 is 2.00 bits per heavy atom. The quantitative estimate of drug-likeness (QED) is 0.748. The van der Waals surface area contributed by atoms with E-state index in [-0.39, 0.29) is 18.2 Å². The molecule has 1 amide bonds. The summed E-state index contributed by atoms with van der Waals surface area (Å²) in [4.78, 5) is 23.7. The number of ether oxygens (including phenoxy) is 2. The molecule has 7 heteroatoms. The predicted octanol–water partition coefficient (Wildman–Crippen LogP) is 3.45. The Morgan fingerprint density at radius 1 is 1.23 bits per heavy atom. The molecule has 2 rings (SSSR count). The van der Waals surface area contributed by atoms with Gasteiger partial charge in [0.1, 0.15) is 0 Å². The van der Waals surface area contributed by atoms with Crippen LogP contribution >= 0.6 is 11.6 Å². The van der Waals surface area contributed by atoms with Crippen LogP contribution in [0.5, 0.6) is 5.75 Å². The number of nitrogens with one attached hydrogen (secondary N) is 1. The first-order chi connectivity index (χ1) is 12.4. The topological polar surface area (TPSA) is 64.6 Å². The van der Waals surface area contributed by atoms with Crippen LogP contribution in [0.15, 0.2) is 42.5 Å². The van der Waals surface area contributed by atoms with Gasteiger partial charge in [0.2, 0.25) is 0 Å². The molecule has 0 radical (unpaired) electrons. The first kappa shape index (κ1) is 19.7. The van der Waals surface area contributed by atoms with E-state index in [9.17, 15) is 14.0 Å². The maximum absolute atomic E-state index is 13.6. The number of hydrogen-bond acceptors (Lipinski definition) is 4. The third-order valence-corrected chi connectivity index (χ3v) is 3.89. The molecule has 2 aromatic rings. The number of carbonyl (C=O) groups is 2. The lowest BCUT2D eigenvalue weighted by atomic mass is 10.1. The van der Waals surface area contributed by atoms with Crippen LogP contribution in [0.2, 0.25) is 5.02 Å². The molecule has 0 aliphatic heterocycles. The zero-order chi connectivity index (χ0) is 19.1. The van der Waals surface area contributed by atoms with Crippen molar-refractivity contribution in [2.75, 3.05) is 13.7 Å². The highest BCUT2D eigenvalue weighted by atomic mass is 35.5. The van der Waals surface area contributed by atoms with Gasteiger partial charge in [0.15, 0.2) is 18.2 Å². The molecule has 0 aliphatic carbocycles. The summed E-state index contributed by atoms with van der Waals surface area (Å²) in [5.74, 6) is -1.53. The van der Waals surface area contributed by atoms with Crippen LogP contribution in [-0.4, -0.2) is 25.6 Å². The number of halogens is 2. The highest BCUT2D eigenvalue weighted by Gasteiger charge is 2.13. The van der Waals surface area contributed by atoms with Crippen LogP contribution in [0.1, 0.15) is 24.1 Å². The minimum absolute atomic E-state index is 0.0940. The fourth-order valence-electron chi connectivity index (χ4n) is 2.33. The number of methoxy groups -OCH3 is 1. The molecule has 1 N–H and O–H groups in total. The molecule has 0 spiro atoms. The van der Waals surface area contributed by atoms with Crippen LogP contribution in [0.3, 0.4) is 0 Å². The van der Waals surface area contributed by atoms with Crippen molar-refractivity contribution in [2.45, 2.75) is 19.4 Å². The van der Waals surface area contributed by atoms with Crippen molar-refractivity contribution < 1.29 is 23.5 Å². The van der Waals surface area contributed by atoms with E-state index < -0.39 is 24.3 Å². The molecule has 1 atom stereocenters. The second-order valence-electron chi connectivity index (χ2n) is 5.65. The summed E-state index contributed by atoms with van der Waals surface area (Å²) in [5, 5.41) is 3.29. The van der Waals surface area contributed by atoms with E-state index >= 15 is 0 Å². The van der Waals surface area contributed by atoms with E-state index in [1.807, 2.05) is 6.07 Å². The minimum atomic E-state index is -0.625. The van der Waals surface area contributed by atoms with Crippen LogP contribution in [0.25, 0.3) is 0 Å². The van der Waals surface area contributed by atoms with Crippen molar-refractivity contribution >= 4 is 23.5 Å². The van der Waals surface area contributed by atoms with E-state index in [1.165, 1.54) is 19.2 Å². The summed E-state index contributed by atoms with van der Waals surface area (Å²) in [6.07, 6.45) is -0.141. The average Bonchev–Trinajstić information content (AvgIpc) is 2.60. The summed E-state index contributed by atoms with van der Waals surface area (Å²) in [5.41, 5.74) is 1.27. The SMILES string of the molecule is COc1ccc(CC(=O)OCC(=O)N[C@H](C)c2cccc(Cl)c2)cc1F. The second-order valence-corrected chi connectivity index (χ2v) is 6.09. The second kappa shape index (κ2) is 9.20. The molecule has 138 valence electrons. The van der Waals surface area contributed by atoms with Crippen LogP contribution in [0, 0.1) is 5.82 Å². The van der Waals surface area contributed by atoms with Crippen molar-refractivity contribution in [3.05, 3.63) is 64.4 Å². The van der Waals surface area contributed by atoms with Crippen LogP contribution < -0.4 is 10.1 Å². The first-order valence-corrected chi connectivity index (χ1v) is 8.29. The van der Waals surface area contributed by atoms with Crippen molar-refractivity contribution in [3.8, 4) is 5.75 Å². The van der Waals surface area contributed by atoms with Gasteiger partial charge in [-0.05, 0) is 42.3 Å². The average molecular weight is 380 g/mol. The third kappa shape index (κ3) is 5.74. The fraction of sp³-hybridized carbons (Fsp3) is 0.263. The zero-order valence-electron chi connectivity index (χ0n) is 14.4. The standard InChI is InChI=1S/C19H19ClFNO4/c1-12(14-4-3-5-15(20)10-14)22-18(23)11-26-19(24)9-13-6-7-17(25-2)16(21)8-13/h3-8,10,12H,9,11H2,1-2H3,(H,22,23)/t12-/m1/s1. The largest absolute Gasteiger partial charge is 0.494 e. The number of esters is 1. The van der Waals surface area contributed by atoms with Crippen LogP contribution in [0.4, 0.5) is 4.39 Å². The highest BCUT2D eigenvalue weighted by molar-refractivity contribution is 6.30. The maximum Gasteiger partial charge on any atom is 0.310 e. The monoisotopic (exact) mass is 379 g/mol. The molecular weight excluding hydrogens is 361 g/mol. The molecule has 0 aliphatic rings. The van der Waals surface area contributed by atoms with Gasteiger partial charge in [-0.25, -0.2) is 4.39 Å². The number of carbonyl (C=O) groups excluding carboxylic acids is 2. The Hall–Kier alpha value is -2.60. The summed E-state index contributed by atoms with van der Waals surface area (Å²) < 4.78 is 23.3. The van der Waals surface area contributed by atoms with Crippen LogP contribution in [-0.2, 0) is 20.7 Å². The Bertz CT molecular complexity index is 797. The first-order valence-electron chi connectivity index (χ1n) is 7.92. The van der Waals surface area contributed by atoms with E-state index in [2.05, 4.69) is 5.32 Å². The van der Waals surface area contributed by atoms with Gasteiger partial charge in [-0.2, -0.15) is 0 Å². The van der Waals surface area contributed by atoms with Crippen molar-refractivity contribution in [1.82, 2.24) is 5.32 Å². The van der Waals surface area contributed by atoms with Gasteiger partial charge in [-0.1, -0.05) is 29.8 Å². The molecule has 0 fully saturated rings. The fourth-order valence-corrected chi connectivity index (χ4v) is 2.52. The number of hydrogen-bond donors (Lipinski definition) is 1. The Labute approximate surface area is 156 Å². The summed E-state index contributed by atoms with van der Waals surface area (Å²) in [6, 6.07) is 11.0. The van der Waals surface area contributed by atoms with Gasteiger partial charge in [-0.15, -0.1) is 0 Å². The molecule has 0 bridgehead atoms. The molecule has 26 heavy (non-hydrogen) atoms. The number of rotatable bonds is 7. The maximum atomic E-state index is 13.6. The third-order valence-electron chi connectivity index (χ3n) is 3.66. The molecule has 0 saturated heterocycles.